The number of fused-ring (bicyclic) bond motifs is 1. The van der Waals surface area contributed by atoms with Gasteiger partial charge in [-0.25, -0.2) is 0 Å². The van der Waals surface area contributed by atoms with E-state index in [0.717, 1.165) is 38.9 Å². The molecular weight excluding hydrogens is 408 g/mol. The molecule has 2 heterocycles. The van der Waals surface area contributed by atoms with Crippen molar-refractivity contribution in [3.63, 3.8) is 0 Å². The lowest BCUT2D eigenvalue weighted by Crippen LogP contribution is -2.72. The van der Waals surface area contributed by atoms with Gasteiger partial charge in [-0.15, -0.1) is 0 Å². The number of phenols is 1. The van der Waals surface area contributed by atoms with Crippen molar-refractivity contribution in [1.29, 1.82) is 0 Å². The van der Waals surface area contributed by atoms with Gasteiger partial charge in [-0.2, -0.15) is 0 Å². The van der Waals surface area contributed by atoms with Crippen molar-refractivity contribution >= 4 is 12.0 Å². The van der Waals surface area contributed by atoms with Gasteiger partial charge in [0.1, 0.15) is 12.0 Å². The number of hydrogen-bond donors (Lipinski definition) is 1. The number of anilines is 1. The zero-order valence-corrected chi connectivity index (χ0v) is 19.3. The van der Waals surface area contributed by atoms with E-state index >= 15 is 0 Å². The molecule has 0 saturated carbocycles. The van der Waals surface area contributed by atoms with Gasteiger partial charge < -0.3 is 14.8 Å². The summed E-state index contributed by atoms with van der Waals surface area (Å²) in [6.07, 6.45) is 5.91. The second-order valence-corrected chi connectivity index (χ2v) is 9.34. The molecule has 0 aromatic heterocycles. The second-order valence-electron chi connectivity index (χ2n) is 9.34. The van der Waals surface area contributed by atoms with Crippen molar-refractivity contribution in [1.82, 2.24) is 4.90 Å². The zero-order valence-electron chi connectivity index (χ0n) is 19.3. The highest BCUT2D eigenvalue weighted by Crippen LogP contribution is 2.41. The predicted octanol–water partition coefficient (Wildman–Crippen LogP) is 4.97. The summed E-state index contributed by atoms with van der Waals surface area (Å²) in [4.78, 5) is 15.0. The molecule has 33 heavy (non-hydrogen) atoms. The summed E-state index contributed by atoms with van der Waals surface area (Å²) < 4.78 is 0. The van der Waals surface area contributed by atoms with Crippen LogP contribution in [0, 0.1) is 5.41 Å². The van der Waals surface area contributed by atoms with Gasteiger partial charge in [0.15, 0.2) is 0 Å². The van der Waals surface area contributed by atoms with Crippen molar-refractivity contribution in [3.05, 3.63) is 96.1 Å². The smallest absolute Gasteiger partial charge is 0.133 e. The standard InChI is InChI=1S/C13H16N2O.C10H12O.C6H6/c16-7-6-14-8-13(9-14)10-15(11-13)12-4-2-1-3-5-12;11-10-6-5-8-3-1-2-4-9(8)7-10;1-2-4-6-5-3-1/h1-5,7H,6,8-11H2;5-7,11H,1-4H2;1-6H. The number of nitrogens with zero attached hydrogens (tertiary/aromatic N) is 2. The molecule has 0 unspecified atom stereocenters. The molecule has 2 aliphatic heterocycles. The van der Waals surface area contributed by atoms with Gasteiger partial charge in [-0.05, 0) is 61.1 Å². The van der Waals surface area contributed by atoms with Crippen molar-refractivity contribution < 1.29 is 9.90 Å². The first-order chi connectivity index (χ1) is 16.2. The van der Waals surface area contributed by atoms with Gasteiger partial charge in [-0.1, -0.05) is 60.7 Å². The fraction of sp³-hybridized carbons (Fsp3) is 0.345. The quantitative estimate of drug-likeness (QED) is 0.582. The van der Waals surface area contributed by atoms with Gasteiger partial charge >= 0.3 is 0 Å². The lowest BCUT2D eigenvalue weighted by molar-refractivity contribution is -0.112. The highest BCUT2D eigenvalue weighted by Gasteiger charge is 2.51. The van der Waals surface area contributed by atoms with Crippen LogP contribution in [0.3, 0.4) is 0 Å². The molecule has 4 heteroatoms. The third kappa shape index (κ3) is 6.23. The van der Waals surface area contributed by atoms with E-state index in [9.17, 15) is 9.90 Å². The molecule has 1 spiro atoms. The second kappa shape index (κ2) is 11.2. The Morgan fingerprint density at radius 2 is 1.33 bits per heavy atom. The Labute approximate surface area is 197 Å². The monoisotopic (exact) mass is 442 g/mol. The molecule has 2 saturated heterocycles. The van der Waals surface area contributed by atoms with E-state index in [2.05, 4.69) is 34.1 Å². The van der Waals surface area contributed by atoms with Crippen molar-refractivity contribution in [2.24, 2.45) is 5.41 Å². The van der Waals surface area contributed by atoms with E-state index in [0.29, 0.717) is 17.7 Å². The van der Waals surface area contributed by atoms with E-state index in [1.807, 2.05) is 54.6 Å². The third-order valence-corrected chi connectivity index (χ3v) is 6.62. The minimum atomic E-state index is 0.408. The lowest BCUT2D eigenvalue weighted by atomic mass is 9.72. The average Bonchev–Trinajstić information content (AvgIpc) is 2.82. The van der Waals surface area contributed by atoms with Crippen molar-refractivity contribution in [2.45, 2.75) is 25.7 Å². The summed E-state index contributed by atoms with van der Waals surface area (Å²) in [6, 6.07) is 28.3. The molecule has 0 radical (unpaired) electrons. The number of aromatic hydroxyl groups is 1. The molecule has 4 nitrogen and oxygen atoms in total. The summed E-state index contributed by atoms with van der Waals surface area (Å²) in [6.45, 7) is 5.08. The lowest BCUT2D eigenvalue weighted by Gasteiger charge is -2.60. The molecule has 0 bridgehead atoms. The number of likely N-dealkylation sites (tertiary alicyclic amines) is 1. The number of phenolic OH excluding ortho intramolecular Hbond substituents is 1. The van der Waals surface area contributed by atoms with Gasteiger partial charge in [0.05, 0.1) is 6.54 Å². The maximum absolute atomic E-state index is 10.4. The molecule has 3 aromatic rings. The Hall–Kier alpha value is -3.11. The van der Waals surface area contributed by atoms with E-state index < -0.39 is 0 Å². The highest BCUT2D eigenvalue weighted by molar-refractivity contribution is 5.53. The van der Waals surface area contributed by atoms with Crippen LogP contribution in [0.25, 0.3) is 0 Å². The molecule has 0 atom stereocenters. The summed E-state index contributed by atoms with van der Waals surface area (Å²) in [7, 11) is 0. The van der Waals surface area contributed by atoms with Gasteiger partial charge in [0.2, 0.25) is 0 Å². The third-order valence-electron chi connectivity index (χ3n) is 6.62. The molecule has 2 fully saturated rings. The SMILES string of the molecule is O=CCN1CC2(C1)CN(c1ccccc1)C2.Oc1ccc2c(c1)CCCC2.c1ccccc1. The highest BCUT2D eigenvalue weighted by atomic mass is 16.3. The fourth-order valence-corrected chi connectivity index (χ4v) is 5.03. The first-order valence-electron chi connectivity index (χ1n) is 11.9. The van der Waals surface area contributed by atoms with Crippen LogP contribution < -0.4 is 4.90 Å². The number of aryl methyl sites for hydroxylation is 2. The molecule has 1 N–H and O–H groups in total. The molecule has 172 valence electrons. The fourth-order valence-electron chi connectivity index (χ4n) is 5.03. The molecule has 3 aromatic carbocycles. The largest absolute Gasteiger partial charge is 0.508 e. The Morgan fingerprint density at radius 3 is 1.94 bits per heavy atom. The maximum Gasteiger partial charge on any atom is 0.133 e. The maximum atomic E-state index is 10.4. The Bertz CT molecular complexity index is 966. The van der Waals surface area contributed by atoms with Gasteiger partial charge in [-0.3, -0.25) is 4.90 Å². The van der Waals surface area contributed by atoms with E-state index in [4.69, 9.17) is 0 Å². The van der Waals surface area contributed by atoms with Crippen LogP contribution in [0.5, 0.6) is 5.75 Å². The van der Waals surface area contributed by atoms with E-state index in [1.165, 1.54) is 36.1 Å². The summed E-state index contributed by atoms with van der Waals surface area (Å²) in [5.41, 5.74) is 4.58. The Morgan fingerprint density at radius 1 is 0.758 bits per heavy atom. The van der Waals surface area contributed by atoms with Crippen molar-refractivity contribution in [3.8, 4) is 5.75 Å². The number of carbonyl (C=O) groups excluding carboxylic acids is 1. The molecular formula is C29H34N2O2. The van der Waals surface area contributed by atoms with E-state index in [1.54, 1.807) is 6.07 Å². The number of aldehydes is 1. The number of hydrogen-bond acceptors (Lipinski definition) is 4. The minimum absolute atomic E-state index is 0.408. The van der Waals surface area contributed by atoms with Crippen LogP contribution in [0.4, 0.5) is 5.69 Å². The van der Waals surface area contributed by atoms with Crippen LogP contribution >= 0.6 is 0 Å². The predicted molar refractivity (Wildman–Crippen MR) is 135 cm³/mol. The van der Waals surface area contributed by atoms with Crippen LogP contribution in [-0.2, 0) is 17.6 Å². The summed E-state index contributed by atoms with van der Waals surface area (Å²) in [5.74, 6) is 0.408. The number of benzene rings is 3. The number of para-hydroxylation sites is 1. The number of carbonyl (C=O) groups is 1. The molecule has 6 rings (SSSR count). The van der Waals surface area contributed by atoms with Gasteiger partial charge in [0.25, 0.3) is 0 Å². The normalized spacial score (nSPS) is 17.8. The van der Waals surface area contributed by atoms with E-state index in [-0.39, 0.29) is 0 Å². The topological polar surface area (TPSA) is 43.8 Å². The van der Waals surface area contributed by atoms with Crippen molar-refractivity contribution in [2.75, 3.05) is 37.6 Å². The van der Waals surface area contributed by atoms with Crippen LogP contribution in [-0.4, -0.2) is 49.0 Å². The van der Waals surface area contributed by atoms with Crippen LogP contribution in [0.2, 0.25) is 0 Å². The van der Waals surface area contributed by atoms with Crippen LogP contribution in [0.1, 0.15) is 24.0 Å². The molecule has 1 aliphatic carbocycles. The van der Waals surface area contributed by atoms with Gasteiger partial charge in [0, 0.05) is 37.3 Å². The molecule has 3 aliphatic rings. The first kappa shape index (κ1) is 23.1. The number of rotatable bonds is 3. The minimum Gasteiger partial charge on any atom is -0.508 e. The molecule has 0 amide bonds. The first-order valence-corrected chi connectivity index (χ1v) is 11.9. The van der Waals surface area contributed by atoms with Crippen LogP contribution in [0.15, 0.2) is 84.9 Å². The zero-order chi connectivity index (χ0) is 22.9. The summed E-state index contributed by atoms with van der Waals surface area (Å²) >= 11 is 0. The average molecular weight is 443 g/mol. The Kier molecular flexibility index (Phi) is 7.79. The Balaban J connectivity index is 0.000000132. The summed E-state index contributed by atoms with van der Waals surface area (Å²) in [5, 5.41) is 9.19.